The molecule has 0 fully saturated rings. The molecule has 0 aliphatic rings. The molecule has 0 aromatic carbocycles. The Balaban J connectivity index is 2.09. The van der Waals surface area contributed by atoms with E-state index >= 15 is 0 Å². The number of aryl methyl sites for hydroxylation is 2. The van der Waals surface area contributed by atoms with Crippen molar-refractivity contribution in [2.24, 2.45) is 0 Å². The van der Waals surface area contributed by atoms with E-state index in [1.807, 2.05) is 0 Å². The minimum Gasteiger partial charge on any atom is -0.476 e. The summed E-state index contributed by atoms with van der Waals surface area (Å²) in [6, 6.07) is 0. The second kappa shape index (κ2) is 4.96. The number of hydrogen-bond donors (Lipinski definition) is 1. The van der Waals surface area contributed by atoms with Gasteiger partial charge in [0.15, 0.2) is 5.69 Å². The van der Waals surface area contributed by atoms with Gasteiger partial charge < -0.3 is 5.11 Å². The van der Waals surface area contributed by atoms with Gasteiger partial charge in [0.05, 0.1) is 24.0 Å². The lowest BCUT2D eigenvalue weighted by atomic mass is 10.5. The van der Waals surface area contributed by atoms with E-state index in [-0.39, 0.29) is 12.2 Å². The molecular weight excluding hydrogens is 262 g/mol. The van der Waals surface area contributed by atoms with Crippen LogP contribution in [0.5, 0.6) is 0 Å². The van der Waals surface area contributed by atoms with E-state index in [4.69, 9.17) is 16.7 Å². The van der Waals surface area contributed by atoms with Crippen molar-refractivity contribution in [3.8, 4) is 0 Å². The lowest BCUT2D eigenvalue weighted by Crippen LogP contribution is -2.24. The first-order valence-corrected chi connectivity index (χ1v) is 5.29. The Bertz CT molecular complexity index is 635. The van der Waals surface area contributed by atoms with Gasteiger partial charge in [-0.25, -0.2) is 19.3 Å². The van der Waals surface area contributed by atoms with Crippen molar-refractivity contribution in [1.29, 1.82) is 0 Å². The van der Waals surface area contributed by atoms with Crippen molar-refractivity contribution < 1.29 is 9.90 Å². The maximum absolute atomic E-state index is 11.4. The van der Waals surface area contributed by atoms with Crippen LogP contribution in [0, 0.1) is 0 Å². The fraction of sp³-hybridized carbons (Fsp3) is 0.222. The molecular formula is C9H8ClN5O3. The van der Waals surface area contributed by atoms with Crippen molar-refractivity contribution in [2.45, 2.75) is 13.1 Å². The van der Waals surface area contributed by atoms with Gasteiger partial charge in [-0.3, -0.25) is 4.57 Å². The van der Waals surface area contributed by atoms with E-state index in [2.05, 4.69) is 15.3 Å². The van der Waals surface area contributed by atoms with Crippen molar-refractivity contribution in [3.63, 3.8) is 0 Å². The summed E-state index contributed by atoms with van der Waals surface area (Å²) in [5.74, 6) is -1.15. The summed E-state index contributed by atoms with van der Waals surface area (Å²) in [4.78, 5) is 25.5. The van der Waals surface area contributed by atoms with Crippen LogP contribution in [0.2, 0.25) is 5.02 Å². The molecule has 2 heterocycles. The van der Waals surface area contributed by atoms with Gasteiger partial charge in [-0.2, -0.15) is 0 Å². The molecule has 0 saturated heterocycles. The summed E-state index contributed by atoms with van der Waals surface area (Å²) in [7, 11) is 0. The number of aromatic carboxylic acids is 1. The van der Waals surface area contributed by atoms with E-state index in [1.54, 1.807) is 0 Å². The molecule has 0 atom stereocenters. The molecule has 2 rings (SSSR count). The minimum atomic E-state index is -1.15. The summed E-state index contributed by atoms with van der Waals surface area (Å²) >= 11 is 5.71. The van der Waals surface area contributed by atoms with E-state index in [0.717, 1.165) is 0 Å². The Morgan fingerprint density at radius 2 is 2.17 bits per heavy atom. The largest absolute Gasteiger partial charge is 0.476 e. The Labute approximate surface area is 105 Å². The number of carboxylic acid groups (broad SMARTS) is 1. The van der Waals surface area contributed by atoms with Gasteiger partial charge in [0.2, 0.25) is 0 Å². The number of aromatic nitrogens is 5. The topological polar surface area (TPSA) is 103 Å². The highest BCUT2D eigenvalue weighted by atomic mass is 35.5. The Morgan fingerprint density at radius 1 is 1.39 bits per heavy atom. The molecule has 0 radical (unpaired) electrons. The van der Waals surface area contributed by atoms with E-state index in [1.165, 1.54) is 27.8 Å². The number of rotatable bonds is 4. The van der Waals surface area contributed by atoms with Crippen LogP contribution in [0.15, 0.2) is 23.4 Å². The first kappa shape index (κ1) is 12.2. The highest BCUT2D eigenvalue weighted by Gasteiger charge is 2.08. The standard InChI is InChI=1S/C9H8ClN5O3/c10-6-3-11-9(18)14(4-6)1-2-15-5-7(8(16)17)12-13-15/h3-5H,1-2H2,(H,16,17). The van der Waals surface area contributed by atoms with Crippen LogP contribution in [-0.4, -0.2) is 35.6 Å². The summed E-state index contributed by atoms with van der Waals surface area (Å²) in [5, 5.41) is 16.1. The number of nitrogens with zero attached hydrogens (tertiary/aromatic N) is 5. The SMILES string of the molecule is O=C(O)c1cn(CCn2cc(Cl)cnc2=O)nn1. The second-order valence-corrected chi connectivity index (χ2v) is 3.86. The smallest absolute Gasteiger partial charge is 0.358 e. The van der Waals surface area contributed by atoms with Crippen LogP contribution in [-0.2, 0) is 13.1 Å². The van der Waals surface area contributed by atoms with Gasteiger partial charge in [-0.15, -0.1) is 5.10 Å². The summed E-state index contributed by atoms with van der Waals surface area (Å²) < 4.78 is 2.64. The van der Waals surface area contributed by atoms with Crippen LogP contribution in [0.3, 0.4) is 0 Å². The summed E-state index contributed by atoms with van der Waals surface area (Å²) in [6.45, 7) is 0.566. The molecule has 18 heavy (non-hydrogen) atoms. The molecule has 1 N–H and O–H groups in total. The number of carboxylic acids is 1. The number of halogens is 1. The highest BCUT2D eigenvalue weighted by molar-refractivity contribution is 6.30. The zero-order chi connectivity index (χ0) is 13.1. The molecule has 9 heteroatoms. The monoisotopic (exact) mass is 269 g/mol. The Kier molecular flexibility index (Phi) is 3.38. The third kappa shape index (κ3) is 2.72. The van der Waals surface area contributed by atoms with Crippen LogP contribution in [0.1, 0.15) is 10.5 Å². The fourth-order valence-corrected chi connectivity index (χ4v) is 1.47. The minimum absolute atomic E-state index is 0.147. The second-order valence-electron chi connectivity index (χ2n) is 3.42. The Hall–Kier alpha value is -2.22. The molecule has 0 unspecified atom stereocenters. The Morgan fingerprint density at radius 3 is 2.83 bits per heavy atom. The normalized spacial score (nSPS) is 10.5. The van der Waals surface area contributed by atoms with Gasteiger partial charge in [-0.05, 0) is 0 Å². The zero-order valence-corrected chi connectivity index (χ0v) is 9.78. The average Bonchev–Trinajstić information content (AvgIpc) is 2.79. The van der Waals surface area contributed by atoms with E-state index in [0.29, 0.717) is 11.6 Å². The third-order valence-electron chi connectivity index (χ3n) is 2.15. The van der Waals surface area contributed by atoms with Gasteiger partial charge in [0.1, 0.15) is 0 Å². The van der Waals surface area contributed by atoms with Crippen molar-refractivity contribution in [2.75, 3.05) is 0 Å². The zero-order valence-electron chi connectivity index (χ0n) is 9.02. The maximum Gasteiger partial charge on any atom is 0.358 e. The fourth-order valence-electron chi connectivity index (χ4n) is 1.30. The van der Waals surface area contributed by atoms with Crippen LogP contribution in [0.25, 0.3) is 0 Å². The van der Waals surface area contributed by atoms with Gasteiger partial charge in [-0.1, -0.05) is 16.8 Å². The van der Waals surface area contributed by atoms with Crippen molar-refractivity contribution >= 4 is 17.6 Å². The molecule has 0 bridgehead atoms. The van der Waals surface area contributed by atoms with Gasteiger partial charge in [0.25, 0.3) is 0 Å². The van der Waals surface area contributed by atoms with Crippen molar-refractivity contribution in [1.82, 2.24) is 24.5 Å². The molecule has 8 nitrogen and oxygen atoms in total. The first-order valence-electron chi connectivity index (χ1n) is 4.91. The molecule has 94 valence electrons. The van der Waals surface area contributed by atoms with Gasteiger partial charge >= 0.3 is 11.7 Å². The van der Waals surface area contributed by atoms with Crippen molar-refractivity contribution in [3.05, 3.63) is 39.8 Å². The van der Waals surface area contributed by atoms with E-state index < -0.39 is 11.7 Å². The number of hydrogen-bond acceptors (Lipinski definition) is 5. The lowest BCUT2D eigenvalue weighted by Gasteiger charge is -2.04. The predicted molar refractivity (Wildman–Crippen MR) is 60.5 cm³/mol. The third-order valence-corrected chi connectivity index (χ3v) is 2.35. The van der Waals surface area contributed by atoms with Gasteiger partial charge in [0, 0.05) is 12.7 Å². The first-order chi connectivity index (χ1) is 8.56. The molecule has 0 aliphatic heterocycles. The highest BCUT2D eigenvalue weighted by Crippen LogP contribution is 2.01. The maximum atomic E-state index is 11.4. The van der Waals surface area contributed by atoms with Crippen LogP contribution >= 0.6 is 11.6 Å². The average molecular weight is 270 g/mol. The van der Waals surface area contributed by atoms with Crippen LogP contribution < -0.4 is 5.69 Å². The summed E-state index contributed by atoms with van der Waals surface area (Å²) in [5.41, 5.74) is -0.579. The molecule has 2 aromatic heterocycles. The molecule has 2 aromatic rings. The predicted octanol–water partition coefficient (Wildman–Crippen LogP) is -0.113. The van der Waals surface area contributed by atoms with Crippen LogP contribution in [0.4, 0.5) is 0 Å². The van der Waals surface area contributed by atoms with E-state index in [9.17, 15) is 9.59 Å². The molecule has 0 amide bonds. The quantitative estimate of drug-likeness (QED) is 0.830. The number of carbonyl (C=O) groups is 1. The summed E-state index contributed by atoms with van der Waals surface area (Å²) in [6.07, 6.45) is 4.00. The molecule has 0 spiro atoms. The lowest BCUT2D eigenvalue weighted by molar-refractivity contribution is 0.0690. The molecule has 0 saturated carbocycles. The molecule has 0 aliphatic carbocycles.